The second kappa shape index (κ2) is 7.74. The van der Waals surface area contributed by atoms with E-state index in [0.717, 1.165) is 5.56 Å². The Morgan fingerprint density at radius 3 is 2.52 bits per heavy atom. The summed E-state index contributed by atoms with van der Waals surface area (Å²) >= 11 is 0. The van der Waals surface area contributed by atoms with Gasteiger partial charge in [-0.3, -0.25) is 4.79 Å². The molecule has 4 rings (SSSR count). The van der Waals surface area contributed by atoms with E-state index in [1.165, 1.54) is 0 Å². The summed E-state index contributed by atoms with van der Waals surface area (Å²) in [6, 6.07) is 7.38. The standard InChI is InChI=1S/C19H26N2O6/c1-26-11-13-4-2-3-5-14(13)27-12-16(23)20-18-6-8-19(9-7-18,15(22)10-18)21-17(24)25/h2-5,15,21-22H,6-12H2,1H3,(H,20,23)(H,24,25). The van der Waals surface area contributed by atoms with E-state index in [1.807, 2.05) is 18.2 Å². The van der Waals surface area contributed by atoms with Crippen molar-refractivity contribution in [3.05, 3.63) is 29.8 Å². The van der Waals surface area contributed by atoms with Crippen LogP contribution in [-0.4, -0.2) is 53.1 Å². The van der Waals surface area contributed by atoms with Crippen molar-refractivity contribution >= 4 is 12.0 Å². The summed E-state index contributed by atoms with van der Waals surface area (Å²) in [7, 11) is 1.60. The molecule has 3 fully saturated rings. The van der Waals surface area contributed by atoms with Gasteiger partial charge in [-0.1, -0.05) is 18.2 Å². The Bertz CT molecular complexity index is 699. The molecule has 2 bridgehead atoms. The smallest absolute Gasteiger partial charge is 0.405 e. The first-order valence-electron chi connectivity index (χ1n) is 9.08. The summed E-state index contributed by atoms with van der Waals surface area (Å²) in [6.07, 6.45) is 0.623. The summed E-state index contributed by atoms with van der Waals surface area (Å²) in [6.45, 7) is 0.268. The molecule has 0 radical (unpaired) electrons. The number of benzene rings is 1. The second-order valence-corrected chi connectivity index (χ2v) is 7.46. The molecule has 3 aliphatic rings. The van der Waals surface area contributed by atoms with Gasteiger partial charge in [0.1, 0.15) is 5.75 Å². The van der Waals surface area contributed by atoms with Crippen LogP contribution in [0.25, 0.3) is 0 Å². The van der Waals surface area contributed by atoms with E-state index in [2.05, 4.69) is 10.6 Å². The van der Waals surface area contributed by atoms with Crippen LogP contribution in [0.15, 0.2) is 24.3 Å². The van der Waals surface area contributed by atoms with Crippen LogP contribution in [0.5, 0.6) is 5.75 Å². The SMILES string of the molecule is COCc1ccccc1OCC(=O)NC12CCC(NC(=O)O)(CC1)C(O)C2. The average molecular weight is 378 g/mol. The first kappa shape index (κ1) is 19.4. The lowest BCUT2D eigenvalue weighted by atomic mass is 9.60. The lowest BCUT2D eigenvalue weighted by molar-refractivity contribution is -0.129. The van der Waals surface area contributed by atoms with Crippen molar-refractivity contribution in [2.45, 2.75) is 55.9 Å². The van der Waals surface area contributed by atoms with Gasteiger partial charge in [0, 0.05) is 18.2 Å². The molecule has 1 unspecified atom stereocenters. The number of fused-ring (bicyclic) bond motifs is 3. The van der Waals surface area contributed by atoms with E-state index < -0.39 is 23.3 Å². The summed E-state index contributed by atoms with van der Waals surface area (Å²) in [5.74, 6) is 0.346. The van der Waals surface area contributed by atoms with Gasteiger partial charge >= 0.3 is 6.09 Å². The lowest BCUT2D eigenvalue weighted by Crippen LogP contribution is -2.70. The molecule has 8 heteroatoms. The van der Waals surface area contributed by atoms with Crippen molar-refractivity contribution in [3.8, 4) is 5.75 Å². The van der Waals surface area contributed by atoms with Gasteiger partial charge in [0.05, 0.1) is 18.2 Å². The van der Waals surface area contributed by atoms with Crippen LogP contribution in [0, 0.1) is 0 Å². The third-order valence-corrected chi connectivity index (χ3v) is 5.71. The Balaban J connectivity index is 1.57. The van der Waals surface area contributed by atoms with Crippen molar-refractivity contribution in [3.63, 3.8) is 0 Å². The average Bonchev–Trinajstić information content (AvgIpc) is 2.62. The Hall–Kier alpha value is -2.32. The van der Waals surface area contributed by atoms with Gasteiger partial charge in [-0.15, -0.1) is 0 Å². The highest BCUT2D eigenvalue weighted by atomic mass is 16.5. The molecule has 0 spiro atoms. The number of nitrogens with one attached hydrogen (secondary N) is 2. The minimum atomic E-state index is -1.13. The van der Waals surface area contributed by atoms with E-state index in [-0.39, 0.29) is 12.5 Å². The van der Waals surface area contributed by atoms with Gasteiger partial charge in [0.2, 0.25) is 0 Å². The summed E-state index contributed by atoms with van der Waals surface area (Å²) in [4.78, 5) is 23.5. The van der Waals surface area contributed by atoms with Crippen molar-refractivity contribution in [2.75, 3.05) is 13.7 Å². The van der Waals surface area contributed by atoms with E-state index in [9.17, 15) is 14.7 Å². The molecule has 1 aromatic carbocycles. The zero-order chi connectivity index (χ0) is 19.5. The first-order chi connectivity index (χ1) is 12.9. The molecule has 2 amide bonds. The van der Waals surface area contributed by atoms with Crippen molar-refractivity contribution in [2.24, 2.45) is 0 Å². The maximum Gasteiger partial charge on any atom is 0.405 e. The van der Waals surface area contributed by atoms with Gasteiger partial charge in [0.15, 0.2) is 6.61 Å². The predicted molar refractivity (Wildman–Crippen MR) is 96.5 cm³/mol. The third kappa shape index (κ3) is 4.17. The van der Waals surface area contributed by atoms with Gasteiger partial charge < -0.3 is 30.3 Å². The predicted octanol–water partition coefficient (Wildman–Crippen LogP) is 1.41. The van der Waals surface area contributed by atoms with Gasteiger partial charge in [-0.25, -0.2) is 4.79 Å². The minimum absolute atomic E-state index is 0.128. The molecule has 148 valence electrons. The molecule has 8 nitrogen and oxygen atoms in total. The van der Waals surface area contributed by atoms with Crippen LogP contribution < -0.4 is 15.4 Å². The fraction of sp³-hybridized carbons (Fsp3) is 0.579. The molecule has 0 aromatic heterocycles. The van der Waals surface area contributed by atoms with Crippen LogP contribution >= 0.6 is 0 Å². The first-order valence-corrected chi connectivity index (χ1v) is 9.08. The van der Waals surface area contributed by atoms with Crippen LogP contribution in [0.2, 0.25) is 0 Å². The van der Waals surface area contributed by atoms with Crippen molar-refractivity contribution in [1.82, 2.24) is 10.6 Å². The van der Waals surface area contributed by atoms with Gasteiger partial charge in [-0.05, 0) is 38.2 Å². The summed E-state index contributed by atoms with van der Waals surface area (Å²) < 4.78 is 10.8. The largest absolute Gasteiger partial charge is 0.483 e. The molecule has 4 N–H and O–H groups in total. The summed E-state index contributed by atoms with van der Waals surface area (Å²) in [5, 5.41) is 25.0. The highest BCUT2D eigenvalue weighted by Gasteiger charge is 2.55. The fourth-order valence-electron chi connectivity index (χ4n) is 4.27. The highest BCUT2D eigenvalue weighted by Crippen LogP contribution is 2.47. The molecular weight excluding hydrogens is 352 g/mol. The number of para-hydroxylation sites is 1. The van der Waals surface area contributed by atoms with E-state index in [4.69, 9.17) is 14.6 Å². The number of ether oxygens (including phenoxy) is 2. The van der Waals surface area contributed by atoms with Crippen molar-refractivity contribution in [1.29, 1.82) is 0 Å². The molecule has 3 aliphatic carbocycles. The van der Waals surface area contributed by atoms with Gasteiger partial charge in [0.25, 0.3) is 5.91 Å². The maximum absolute atomic E-state index is 12.4. The Morgan fingerprint density at radius 2 is 1.89 bits per heavy atom. The van der Waals surface area contributed by atoms with Gasteiger partial charge in [-0.2, -0.15) is 0 Å². The molecule has 0 aliphatic heterocycles. The monoisotopic (exact) mass is 378 g/mol. The number of methoxy groups -OCH3 is 1. The number of carboxylic acid groups (broad SMARTS) is 1. The second-order valence-electron chi connectivity index (χ2n) is 7.46. The number of hydrogen-bond acceptors (Lipinski definition) is 5. The maximum atomic E-state index is 12.4. The highest BCUT2D eigenvalue weighted by molar-refractivity contribution is 5.78. The molecule has 3 saturated carbocycles. The minimum Gasteiger partial charge on any atom is -0.483 e. The topological polar surface area (TPSA) is 117 Å². The molecule has 0 heterocycles. The number of rotatable bonds is 7. The number of carbonyl (C=O) groups is 2. The number of carbonyl (C=O) groups excluding carboxylic acids is 1. The van der Waals surface area contributed by atoms with E-state index in [1.54, 1.807) is 13.2 Å². The Kier molecular flexibility index (Phi) is 5.57. The van der Waals surface area contributed by atoms with Crippen LogP contribution in [0.4, 0.5) is 4.79 Å². The Labute approximate surface area is 157 Å². The van der Waals surface area contributed by atoms with Crippen LogP contribution in [0.3, 0.4) is 0 Å². The lowest BCUT2D eigenvalue weighted by Gasteiger charge is -2.55. The third-order valence-electron chi connectivity index (χ3n) is 5.71. The van der Waals surface area contributed by atoms with Crippen LogP contribution in [-0.2, 0) is 16.1 Å². The van der Waals surface area contributed by atoms with Crippen molar-refractivity contribution < 1.29 is 29.3 Å². The number of aliphatic hydroxyl groups is 1. The number of hydrogen-bond donors (Lipinski definition) is 4. The molecule has 1 atom stereocenters. The van der Waals surface area contributed by atoms with E-state index in [0.29, 0.717) is 44.5 Å². The molecule has 1 aromatic rings. The van der Waals surface area contributed by atoms with E-state index >= 15 is 0 Å². The molecule has 27 heavy (non-hydrogen) atoms. The molecule has 0 saturated heterocycles. The zero-order valence-electron chi connectivity index (χ0n) is 15.4. The van der Waals surface area contributed by atoms with Crippen LogP contribution in [0.1, 0.15) is 37.7 Å². The fourth-order valence-corrected chi connectivity index (χ4v) is 4.27. The number of aliphatic hydroxyl groups excluding tert-OH is 1. The zero-order valence-corrected chi connectivity index (χ0v) is 15.4. The molecular formula is C19H26N2O6. The summed E-state index contributed by atoms with van der Waals surface area (Å²) in [5.41, 5.74) is -0.442. The Morgan fingerprint density at radius 1 is 1.19 bits per heavy atom. The number of amides is 2. The normalized spacial score (nSPS) is 29.2. The quantitative estimate of drug-likeness (QED) is 0.570.